The van der Waals surface area contributed by atoms with Gasteiger partial charge in [0.05, 0.1) is 23.7 Å². The van der Waals surface area contributed by atoms with Gasteiger partial charge >= 0.3 is 0 Å². The molecule has 31 heavy (non-hydrogen) atoms. The van der Waals surface area contributed by atoms with Crippen LogP contribution >= 0.6 is 0 Å². The van der Waals surface area contributed by atoms with Crippen LogP contribution in [0.2, 0.25) is 0 Å². The van der Waals surface area contributed by atoms with E-state index in [-0.39, 0.29) is 17.6 Å². The molecule has 160 valence electrons. The van der Waals surface area contributed by atoms with Gasteiger partial charge in [0.1, 0.15) is 23.4 Å². The first-order chi connectivity index (χ1) is 15.2. The topological polar surface area (TPSA) is 87.5 Å². The fourth-order valence-corrected chi connectivity index (χ4v) is 4.90. The largest absolute Gasteiger partial charge is 0.376 e. The second-order valence-electron chi connectivity index (χ2n) is 8.43. The molecule has 0 N–H and O–H groups in total. The van der Waals surface area contributed by atoms with E-state index < -0.39 is 5.82 Å². The summed E-state index contributed by atoms with van der Waals surface area (Å²) in [4.78, 5) is 22.6. The first-order valence-corrected chi connectivity index (χ1v) is 10.8. The van der Waals surface area contributed by atoms with E-state index in [1.807, 2.05) is 0 Å². The summed E-state index contributed by atoms with van der Waals surface area (Å²) in [5.74, 6) is 0.796. The molecular weight excluding hydrogens is 401 g/mol. The highest BCUT2D eigenvalue weighted by atomic mass is 19.1. The maximum atomic E-state index is 14.1. The molecule has 1 aliphatic heterocycles. The third-order valence-electron chi connectivity index (χ3n) is 6.47. The lowest BCUT2D eigenvalue weighted by atomic mass is 10.1. The van der Waals surface area contributed by atoms with Crippen LogP contribution in [0.15, 0.2) is 33.8 Å². The molecule has 1 saturated heterocycles. The first-order valence-electron chi connectivity index (χ1n) is 10.8. The molecule has 3 aromatic heterocycles. The van der Waals surface area contributed by atoms with Crippen molar-refractivity contribution in [2.45, 2.75) is 57.1 Å². The van der Waals surface area contributed by atoms with Crippen LogP contribution in [0.3, 0.4) is 0 Å². The zero-order chi connectivity index (χ0) is 20.9. The number of rotatable bonds is 4. The standard InChI is InChI=1S/C22H22FN5O3/c23-14-7-8-16-17(10-14)27(11-15-6-3-9-30-15)22(29)19-18(24-12-28(16)19)20-25-21(31-26-20)13-4-1-2-5-13/h7-8,10,12-13,15H,1-6,9,11H2. The van der Waals surface area contributed by atoms with Gasteiger partial charge in [0.25, 0.3) is 5.56 Å². The van der Waals surface area contributed by atoms with E-state index >= 15 is 0 Å². The van der Waals surface area contributed by atoms with Gasteiger partial charge in [-0.05, 0) is 43.9 Å². The molecule has 8 nitrogen and oxygen atoms in total. The van der Waals surface area contributed by atoms with Gasteiger partial charge in [0, 0.05) is 12.5 Å². The highest BCUT2D eigenvalue weighted by molar-refractivity contribution is 5.83. The van der Waals surface area contributed by atoms with Crippen LogP contribution in [0, 0.1) is 5.82 Å². The highest BCUT2D eigenvalue weighted by Crippen LogP contribution is 2.34. The molecule has 4 aromatic rings. The van der Waals surface area contributed by atoms with Gasteiger partial charge in [-0.25, -0.2) is 9.37 Å². The van der Waals surface area contributed by atoms with E-state index in [1.165, 1.54) is 12.1 Å². The number of nitrogens with zero attached hydrogens (tertiary/aromatic N) is 5. The molecule has 0 amide bonds. The molecule has 1 unspecified atom stereocenters. The minimum absolute atomic E-state index is 0.0721. The van der Waals surface area contributed by atoms with E-state index in [1.54, 1.807) is 21.4 Å². The molecule has 4 heterocycles. The highest BCUT2D eigenvalue weighted by Gasteiger charge is 2.26. The summed E-state index contributed by atoms with van der Waals surface area (Å²) in [6.07, 6.45) is 7.71. The fraction of sp³-hybridized carbons (Fsp3) is 0.455. The summed E-state index contributed by atoms with van der Waals surface area (Å²) in [5.41, 5.74) is 1.67. The van der Waals surface area contributed by atoms with Crippen molar-refractivity contribution in [1.82, 2.24) is 24.1 Å². The molecular formula is C22H22FN5O3. The van der Waals surface area contributed by atoms with Crippen LogP contribution in [0.5, 0.6) is 0 Å². The molecule has 0 radical (unpaired) electrons. The number of aromatic nitrogens is 5. The number of benzene rings is 1. The maximum Gasteiger partial charge on any atom is 0.277 e. The Hall–Kier alpha value is -3.07. The SMILES string of the molecule is O=c1c2c(-c3noc(C4CCCC4)n3)ncn2c2ccc(F)cc2n1CC1CCCO1. The van der Waals surface area contributed by atoms with Crippen LogP contribution in [-0.4, -0.2) is 36.8 Å². The first kappa shape index (κ1) is 18.7. The lowest BCUT2D eigenvalue weighted by molar-refractivity contribution is 0.0973. The molecule has 9 heteroatoms. The Morgan fingerprint density at radius 1 is 1.13 bits per heavy atom. The predicted octanol–water partition coefficient (Wildman–Crippen LogP) is 3.67. The van der Waals surface area contributed by atoms with E-state index in [9.17, 15) is 9.18 Å². The zero-order valence-corrected chi connectivity index (χ0v) is 17.0. The Morgan fingerprint density at radius 2 is 2.00 bits per heavy atom. The molecule has 0 bridgehead atoms. The van der Waals surface area contributed by atoms with Gasteiger partial charge in [-0.2, -0.15) is 4.98 Å². The Bertz CT molecular complexity index is 1330. The maximum absolute atomic E-state index is 14.1. The van der Waals surface area contributed by atoms with E-state index in [4.69, 9.17) is 9.26 Å². The molecule has 0 spiro atoms. The Kier molecular flexibility index (Phi) is 4.38. The van der Waals surface area contributed by atoms with E-state index in [0.29, 0.717) is 47.1 Å². The summed E-state index contributed by atoms with van der Waals surface area (Å²) in [6, 6.07) is 4.43. The van der Waals surface area contributed by atoms with Crippen LogP contribution in [0.25, 0.3) is 28.1 Å². The van der Waals surface area contributed by atoms with Gasteiger partial charge in [-0.15, -0.1) is 0 Å². The van der Waals surface area contributed by atoms with Crippen molar-refractivity contribution in [2.75, 3.05) is 6.61 Å². The van der Waals surface area contributed by atoms with Crippen LogP contribution < -0.4 is 5.56 Å². The second kappa shape index (κ2) is 7.26. The molecule has 2 aliphatic rings. The number of hydrogen-bond acceptors (Lipinski definition) is 6. The van der Waals surface area contributed by atoms with Crippen LogP contribution in [0.4, 0.5) is 4.39 Å². The predicted molar refractivity (Wildman–Crippen MR) is 110 cm³/mol. The number of hydrogen-bond donors (Lipinski definition) is 0. The van der Waals surface area contributed by atoms with E-state index in [0.717, 1.165) is 38.5 Å². The average Bonchev–Trinajstić information content (AvgIpc) is 3.56. The second-order valence-corrected chi connectivity index (χ2v) is 8.43. The summed E-state index contributed by atoms with van der Waals surface area (Å²) >= 11 is 0. The molecule has 1 aromatic carbocycles. The molecule has 6 rings (SSSR count). The van der Waals surface area contributed by atoms with Crippen molar-refractivity contribution in [3.8, 4) is 11.5 Å². The minimum atomic E-state index is -0.396. The summed E-state index contributed by atoms with van der Waals surface area (Å²) < 4.78 is 28.6. The zero-order valence-electron chi connectivity index (χ0n) is 17.0. The Labute approximate surface area is 176 Å². The summed E-state index contributed by atoms with van der Waals surface area (Å²) in [7, 11) is 0. The lowest BCUT2D eigenvalue weighted by Gasteiger charge is -2.16. The smallest absolute Gasteiger partial charge is 0.277 e. The fourth-order valence-electron chi connectivity index (χ4n) is 4.90. The Balaban J connectivity index is 1.54. The van der Waals surface area contributed by atoms with Crippen molar-refractivity contribution in [2.24, 2.45) is 0 Å². The van der Waals surface area contributed by atoms with Crippen molar-refractivity contribution in [3.05, 3.63) is 46.6 Å². The monoisotopic (exact) mass is 423 g/mol. The number of imidazole rings is 1. The molecule has 1 atom stereocenters. The van der Waals surface area contributed by atoms with Crippen molar-refractivity contribution >= 4 is 16.6 Å². The summed E-state index contributed by atoms with van der Waals surface area (Å²) in [6.45, 7) is 1.04. The molecule has 1 saturated carbocycles. The molecule has 1 aliphatic carbocycles. The van der Waals surface area contributed by atoms with Crippen molar-refractivity contribution in [1.29, 1.82) is 0 Å². The quantitative estimate of drug-likeness (QED) is 0.498. The number of ether oxygens (including phenoxy) is 1. The van der Waals surface area contributed by atoms with Crippen LogP contribution in [0.1, 0.15) is 50.3 Å². The lowest BCUT2D eigenvalue weighted by Crippen LogP contribution is -2.28. The van der Waals surface area contributed by atoms with Crippen molar-refractivity contribution < 1.29 is 13.7 Å². The van der Waals surface area contributed by atoms with Gasteiger partial charge < -0.3 is 13.8 Å². The van der Waals surface area contributed by atoms with Gasteiger partial charge in [-0.3, -0.25) is 9.20 Å². The Morgan fingerprint density at radius 3 is 2.81 bits per heavy atom. The third kappa shape index (κ3) is 3.06. The van der Waals surface area contributed by atoms with Gasteiger partial charge in [-0.1, -0.05) is 18.0 Å². The minimum Gasteiger partial charge on any atom is -0.376 e. The van der Waals surface area contributed by atoms with Gasteiger partial charge in [0.2, 0.25) is 11.7 Å². The number of halogens is 1. The van der Waals surface area contributed by atoms with Crippen molar-refractivity contribution in [3.63, 3.8) is 0 Å². The average molecular weight is 423 g/mol. The normalized spacial score (nSPS) is 19.8. The summed E-state index contributed by atoms with van der Waals surface area (Å²) in [5, 5.41) is 4.13. The van der Waals surface area contributed by atoms with E-state index in [2.05, 4.69) is 15.1 Å². The third-order valence-corrected chi connectivity index (χ3v) is 6.47. The van der Waals surface area contributed by atoms with Gasteiger partial charge in [0.15, 0.2) is 0 Å². The van der Waals surface area contributed by atoms with Crippen LogP contribution in [-0.2, 0) is 11.3 Å². The number of fused-ring (bicyclic) bond motifs is 3. The molecule has 2 fully saturated rings.